The van der Waals surface area contributed by atoms with E-state index in [0.717, 1.165) is 11.8 Å². The quantitative estimate of drug-likeness (QED) is 0.516. The lowest BCUT2D eigenvalue weighted by atomic mass is 10.1. The number of sulfonamides is 1. The van der Waals surface area contributed by atoms with Crippen molar-refractivity contribution in [1.82, 2.24) is 14.9 Å². The lowest BCUT2D eigenvalue weighted by Gasteiger charge is -2.16. The molecule has 0 aliphatic carbocycles. The van der Waals surface area contributed by atoms with E-state index in [1.165, 1.54) is 6.20 Å². The van der Waals surface area contributed by atoms with Crippen LogP contribution in [0.3, 0.4) is 0 Å². The number of imidazole rings is 1. The van der Waals surface area contributed by atoms with E-state index >= 15 is 0 Å². The average Bonchev–Trinajstić information content (AvgIpc) is 2.93. The number of hydrogen-bond donors (Lipinski definition) is 2. The van der Waals surface area contributed by atoms with E-state index in [4.69, 9.17) is 0 Å². The minimum atomic E-state index is -3.38. The second-order valence-corrected chi connectivity index (χ2v) is 7.88. The first-order valence-corrected chi connectivity index (χ1v) is 9.99. The third-order valence-corrected chi connectivity index (χ3v) is 4.40. The molecule has 0 radical (unpaired) electrons. The molecule has 10 nitrogen and oxygen atoms in total. The molecule has 2 N–H and O–H groups in total. The molecule has 2 aromatic rings. The zero-order chi connectivity index (χ0) is 20.2. The molecule has 0 aliphatic heterocycles. The first-order valence-electron chi connectivity index (χ1n) is 8.10. The number of carbonyl (C=O) groups excluding carboxylic acids is 1. The molecule has 146 valence electrons. The third kappa shape index (κ3) is 6.06. The number of aryl methyl sites for hydroxylation is 2. The van der Waals surface area contributed by atoms with Crippen molar-refractivity contribution in [3.05, 3.63) is 52.0 Å². The summed E-state index contributed by atoms with van der Waals surface area (Å²) >= 11 is 0. The highest BCUT2D eigenvalue weighted by Crippen LogP contribution is 2.18. The van der Waals surface area contributed by atoms with E-state index < -0.39 is 14.9 Å². The topological polar surface area (TPSA) is 136 Å². The molecule has 0 saturated heterocycles. The Hall–Kier alpha value is -2.95. The molecule has 0 aliphatic rings. The predicted molar refractivity (Wildman–Crippen MR) is 99.7 cm³/mol. The molecule has 1 aromatic heterocycles. The number of carbonyl (C=O) groups is 1. The van der Waals surface area contributed by atoms with Crippen molar-refractivity contribution in [1.29, 1.82) is 0 Å². The number of rotatable bonds is 8. The molecular weight excluding hydrogens is 374 g/mol. The summed E-state index contributed by atoms with van der Waals surface area (Å²) in [6.45, 7) is 3.68. The van der Waals surface area contributed by atoms with Crippen molar-refractivity contribution in [2.75, 3.05) is 11.0 Å². The second kappa shape index (κ2) is 8.16. The lowest BCUT2D eigenvalue weighted by molar-refractivity contribution is -0.389. The van der Waals surface area contributed by atoms with Gasteiger partial charge in [-0.2, -0.15) is 0 Å². The van der Waals surface area contributed by atoms with Gasteiger partial charge in [-0.1, -0.05) is 12.1 Å². The van der Waals surface area contributed by atoms with E-state index in [2.05, 4.69) is 15.0 Å². The SMILES string of the molecule is Cc1nc([N+](=O)[O-])cn1CCC(=O)NC(C)c1cccc(NS(C)(=O)=O)c1. The molecule has 27 heavy (non-hydrogen) atoms. The summed E-state index contributed by atoms with van der Waals surface area (Å²) in [4.78, 5) is 26.1. The van der Waals surface area contributed by atoms with Gasteiger partial charge < -0.3 is 20.0 Å². The zero-order valence-corrected chi connectivity index (χ0v) is 16.0. The Morgan fingerprint density at radius 1 is 1.41 bits per heavy atom. The van der Waals surface area contributed by atoms with Crippen LogP contribution in [0.25, 0.3) is 0 Å². The fourth-order valence-electron chi connectivity index (χ4n) is 2.51. The number of anilines is 1. The molecule has 2 rings (SSSR count). The van der Waals surface area contributed by atoms with Gasteiger partial charge in [-0.15, -0.1) is 0 Å². The Morgan fingerprint density at radius 3 is 2.70 bits per heavy atom. The van der Waals surface area contributed by atoms with Crippen LogP contribution in [-0.4, -0.2) is 35.1 Å². The van der Waals surface area contributed by atoms with Crippen molar-refractivity contribution < 1.29 is 18.1 Å². The summed E-state index contributed by atoms with van der Waals surface area (Å²) in [5.74, 6) is -0.0294. The maximum Gasteiger partial charge on any atom is 0.381 e. The number of nitrogens with one attached hydrogen (secondary N) is 2. The van der Waals surface area contributed by atoms with Gasteiger partial charge in [-0.3, -0.25) is 9.52 Å². The average molecular weight is 395 g/mol. The van der Waals surface area contributed by atoms with E-state index in [1.807, 2.05) is 0 Å². The van der Waals surface area contributed by atoms with Gasteiger partial charge in [0.2, 0.25) is 21.8 Å². The monoisotopic (exact) mass is 395 g/mol. The maximum atomic E-state index is 12.2. The number of amides is 1. The first-order chi connectivity index (χ1) is 12.5. The number of benzene rings is 1. The lowest BCUT2D eigenvalue weighted by Crippen LogP contribution is -2.27. The smallest absolute Gasteiger partial charge is 0.358 e. The van der Waals surface area contributed by atoms with Crippen LogP contribution < -0.4 is 10.0 Å². The molecule has 0 spiro atoms. The van der Waals surface area contributed by atoms with Gasteiger partial charge in [0.25, 0.3) is 0 Å². The summed E-state index contributed by atoms with van der Waals surface area (Å²) < 4.78 is 26.6. The van der Waals surface area contributed by atoms with Crippen LogP contribution in [0.1, 0.15) is 30.8 Å². The summed E-state index contributed by atoms with van der Waals surface area (Å²) in [6.07, 6.45) is 2.49. The van der Waals surface area contributed by atoms with Gasteiger partial charge >= 0.3 is 5.82 Å². The van der Waals surface area contributed by atoms with Crippen LogP contribution >= 0.6 is 0 Å². The van der Waals surface area contributed by atoms with E-state index in [0.29, 0.717) is 11.5 Å². The van der Waals surface area contributed by atoms with Crippen molar-refractivity contribution in [3.63, 3.8) is 0 Å². The van der Waals surface area contributed by atoms with Crippen LogP contribution in [0.5, 0.6) is 0 Å². The first kappa shape index (κ1) is 20.4. The molecule has 0 fully saturated rings. The molecule has 1 unspecified atom stereocenters. The highest BCUT2D eigenvalue weighted by Gasteiger charge is 2.16. The van der Waals surface area contributed by atoms with Crippen molar-refractivity contribution in [2.45, 2.75) is 32.9 Å². The molecule has 1 atom stereocenters. The fourth-order valence-corrected chi connectivity index (χ4v) is 3.07. The van der Waals surface area contributed by atoms with Crippen LogP contribution in [0.15, 0.2) is 30.5 Å². The minimum Gasteiger partial charge on any atom is -0.358 e. The van der Waals surface area contributed by atoms with Gasteiger partial charge in [-0.25, -0.2) is 8.42 Å². The number of nitro groups is 1. The highest BCUT2D eigenvalue weighted by atomic mass is 32.2. The van der Waals surface area contributed by atoms with Crippen LogP contribution in [0.2, 0.25) is 0 Å². The van der Waals surface area contributed by atoms with Crippen molar-refractivity contribution in [2.24, 2.45) is 0 Å². The molecule has 0 saturated carbocycles. The fraction of sp³-hybridized carbons (Fsp3) is 0.375. The third-order valence-electron chi connectivity index (χ3n) is 3.80. The Morgan fingerprint density at radius 2 is 2.11 bits per heavy atom. The summed E-state index contributed by atoms with van der Waals surface area (Å²) in [6, 6.07) is 6.40. The van der Waals surface area contributed by atoms with Gasteiger partial charge in [-0.05, 0) is 34.5 Å². The Bertz CT molecular complexity index is 954. The number of aromatic nitrogens is 2. The summed E-state index contributed by atoms with van der Waals surface area (Å²) in [5.41, 5.74) is 1.16. The number of hydrogen-bond acceptors (Lipinski definition) is 6. The molecule has 1 aromatic carbocycles. The summed E-state index contributed by atoms with van der Waals surface area (Å²) in [5, 5.41) is 13.6. The standard InChI is InChI=1S/C16H21N5O5S/c1-11(13-5-4-6-14(9-13)19-27(3,25)26)17-16(22)7-8-20-10-15(21(23)24)18-12(20)2/h4-6,9-11,19H,7-8H2,1-3H3,(H,17,22). The van der Waals surface area contributed by atoms with Gasteiger partial charge in [0.05, 0.1) is 12.3 Å². The maximum absolute atomic E-state index is 12.2. The van der Waals surface area contributed by atoms with E-state index in [1.54, 1.807) is 42.7 Å². The van der Waals surface area contributed by atoms with Gasteiger partial charge in [0.1, 0.15) is 6.20 Å². The predicted octanol–water partition coefficient (Wildman–Crippen LogP) is 1.74. The highest BCUT2D eigenvalue weighted by molar-refractivity contribution is 7.92. The summed E-state index contributed by atoms with van der Waals surface area (Å²) in [7, 11) is -3.38. The molecule has 0 bridgehead atoms. The second-order valence-electron chi connectivity index (χ2n) is 6.14. The van der Waals surface area contributed by atoms with Gasteiger partial charge in [0.15, 0.2) is 0 Å². The van der Waals surface area contributed by atoms with Crippen molar-refractivity contribution >= 4 is 27.4 Å². The zero-order valence-electron chi connectivity index (χ0n) is 15.2. The van der Waals surface area contributed by atoms with Crippen LogP contribution in [0.4, 0.5) is 11.5 Å². The van der Waals surface area contributed by atoms with E-state index in [9.17, 15) is 23.3 Å². The largest absolute Gasteiger partial charge is 0.381 e. The molecular formula is C16H21N5O5S. The Balaban J connectivity index is 1.95. The van der Waals surface area contributed by atoms with Crippen molar-refractivity contribution in [3.8, 4) is 0 Å². The normalized spacial score (nSPS) is 12.4. The van der Waals surface area contributed by atoms with Crippen LogP contribution in [-0.2, 0) is 21.4 Å². The van der Waals surface area contributed by atoms with Crippen LogP contribution in [0, 0.1) is 17.0 Å². The Kier molecular flexibility index (Phi) is 6.16. The molecule has 1 amide bonds. The van der Waals surface area contributed by atoms with Gasteiger partial charge in [0, 0.05) is 25.6 Å². The molecule has 1 heterocycles. The number of nitrogens with zero attached hydrogens (tertiary/aromatic N) is 3. The Labute approximate surface area is 156 Å². The minimum absolute atomic E-state index is 0.125. The molecule has 11 heteroatoms. The van der Waals surface area contributed by atoms with E-state index in [-0.39, 0.29) is 30.7 Å².